The summed E-state index contributed by atoms with van der Waals surface area (Å²) in [5.41, 5.74) is 1.77. The maximum Gasteiger partial charge on any atom is 0.191 e. The van der Waals surface area contributed by atoms with Gasteiger partial charge < -0.3 is 5.32 Å². The topological polar surface area (TPSA) is 50.7 Å². The van der Waals surface area contributed by atoms with Crippen molar-refractivity contribution in [2.45, 2.75) is 5.16 Å². The van der Waals surface area contributed by atoms with E-state index in [4.69, 9.17) is 6.42 Å². The molecule has 0 saturated carbocycles. The van der Waals surface area contributed by atoms with Gasteiger partial charge in [0.25, 0.3) is 0 Å². The molecule has 2 heterocycles. The Balaban J connectivity index is 2.04. The number of hydrogen-bond acceptors (Lipinski definition) is 5. The van der Waals surface area contributed by atoms with Gasteiger partial charge in [0.1, 0.15) is 5.82 Å². The summed E-state index contributed by atoms with van der Waals surface area (Å²) < 4.78 is 0. The van der Waals surface area contributed by atoms with E-state index in [1.54, 1.807) is 12.4 Å². The van der Waals surface area contributed by atoms with Crippen LogP contribution in [0.2, 0.25) is 0 Å². The molecule has 0 aliphatic carbocycles. The van der Waals surface area contributed by atoms with Crippen LogP contribution in [0.3, 0.4) is 0 Å². The summed E-state index contributed by atoms with van der Waals surface area (Å²) in [5, 5.41) is 4.89. The van der Waals surface area contributed by atoms with E-state index in [0.29, 0.717) is 10.9 Å². The third-order valence-corrected chi connectivity index (χ3v) is 3.55. The first-order valence-electron chi connectivity index (χ1n) is 6.37. The minimum Gasteiger partial charge on any atom is -0.340 e. The Kier molecular flexibility index (Phi) is 3.99. The number of terminal acetylenes is 1. The molecule has 0 unspecified atom stereocenters. The highest BCUT2D eigenvalue weighted by molar-refractivity contribution is 7.99. The second kappa shape index (κ2) is 6.25. The summed E-state index contributed by atoms with van der Waals surface area (Å²) in [6.45, 7) is 0. The van der Waals surface area contributed by atoms with Crippen molar-refractivity contribution in [2.24, 2.45) is 0 Å². The second-order valence-electron chi connectivity index (χ2n) is 4.23. The molecule has 0 fully saturated rings. The Hall–Kier alpha value is -2.58. The summed E-state index contributed by atoms with van der Waals surface area (Å²) in [4.78, 5) is 13.1. The smallest absolute Gasteiger partial charge is 0.191 e. The SMILES string of the molecule is C#CCSc1nc(Nc2ccccc2)c2ccncc2n1. The predicted molar refractivity (Wildman–Crippen MR) is 86.6 cm³/mol. The fourth-order valence-corrected chi connectivity index (χ4v) is 2.41. The van der Waals surface area contributed by atoms with E-state index in [9.17, 15) is 0 Å². The molecule has 0 spiro atoms. The number of nitrogens with zero attached hydrogens (tertiary/aromatic N) is 3. The first-order valence-corrected chi connectivity index (χ1v) is 7.35. The van der Waals surface area contributed by atoms with Gasteiger partial charge in [-0.25, -0.2) is 9.97 Å². The van der Waals surface area contributed by atoms with E-state index in [1.165, 1.54) is 11.8 Å². The molecule has 5 heteroatoms. The van der Waals surface area contributed by atoms with Gasteiger partial charge in [-0.05, 0) is 18.2 Å². The van der Waals surface area contributed by atoms with Gasteiger partial charge >= 0.3 is 0 Å². The maximum atomic E-state index is 5.30. The van der Waals surface area contributed by atoms with Gasteiger partial charge in [0.05, 0.1) is 17.5 Å². The third-order valence-electron chi connectivity index (χ3n) is 2.80. The van der Waals surface area contributed by atoms with Crippen LogP contribution < -0.4 is 5.32 Å². The van der Waals surface area contributed by atoms with Crippen molar-refractivity contribution in [3.05, 3.63) is 48.8 Å². The molecule has 0 amide bonds. The van der Waals surface area contributed by atoms with Crippen molar-refractivity contribution in [3.8, 4) is 12.3 Å². The highest BCUT2D eigenvalue weighted by Gasteiger charge is 2.08. The molecule has 0 atom stereocenters. The Labute approximate surface area is 127 Å². The number of thioether (sulfide) groups is 1. The molecule has 21 heavy (non-hydrogen) atoms. The molecule has 0 aliphatic heterocycles. The summed E-state index contributed by atoms with van der Waals surface area (Å²) in [5.74, 6) is 3.88. The van der Waals surface area contributed by atoms with Crippen molar-refractivity contribution in [1.82, 2.24) is 15.0 Å². The molecule has 0 bridgehead atoms. The fourth-order valence-electron chi connectivity index (χ4n) is 1.88. The van der Waals surface area contributed by atoms with E-state index in [-0.39, 0.29) is 0 Å². The van der Waals surface area contributed by atoms with Gasteiger partial charge in [0.15, 0.2) is 5.16 Å². The zero-order valence-electron chi connectivity index (χ0n) is 11.2. The van der Waals surface area contributed by atoms with Crippen molar-refractivity contribution < 1.29 is 0 Å². The van der Waals surface area contributed by atoms with Gasteiger partial charge in [0, 0.05) is 17.3 Å². The second-order valence-corrected chi connectivity index (χ2v) is 5.17. The fraction of sp³-hybridized carbons (Fsp3) is 0.0625. The Morgan fingerprint density at radius 1 is 1.14 bits per heavy atom. The van der Waals surface area contributed by atoms with Crippen LogP contribution in [0.4, 0.5) is 11.5 Å². The lowest BCUT2D eigenvalue weighted by Crippen LogP contribution is -1.99. The number of pyridine rings is 1. The number of anilines is 2. The lowest BCUT2D eigenvalue weighted by atomic mass is 10.2. The lowest BCUT2D eigenvalue weighted by Gasteiger charge is -2.09. The molecule has 1 aromatic carbocycles. The van der Waals surface area contributed by atoms with Gasteiger partial charge in [-0.3, -0.25) is 4.98 Å². The summed E-state index contributed by atoms with van der Waals surface area (Å²) >= 11 is 1.43. The molecule has 2 aromatic heterocycles. The van der Waals surface area contributed by atoms with Crippen molar-refractivity contribution in [1.29, 1.82) is 0 Å². The monoisotopic (exact) mass is 292 g/mol. The van der Waals surface area contributed by atoms with E-state index in [0.717, 1.165) is 22.4 Å². The highest BCUT2D eigenvalue weighted by atomic mass is 32.2. The van der Waals surface area contributed by atoms with E-state index in [1.807, 2.05) is 36.4 Å². The zero-order chi connectivity index (χ0) is 14.5. The molecule has 0 saturated heterocycles. The normalized spacial score (nSPS) is 10.2. The van der Waals surface area contributed by atoms with E-state index in [2.05, 4.69) is 26.2 Å². The summed E-state index contributed by atoms with van der Waals surface area (Å²) in [7, 11) is 0. The van der Waals surface area contributed by atoms with E-state index < -0.39 is 0 Å². The average molecular weight is 292 g/mol. The molecular weight excluding hydrogens is 280 g/mol. The minimum absolute atomic E-state index is 0.538. The summed E-state index contributed by atoms with van der Waals surface area (Å²) in [6, 6.07) is 11.8. The minimum atomic E-state index is 0.538. The van der Waals surface area contributed by atoms with Crippen LogP contribution in [-0.2, 0) is 0 Å². The third kappa shape index (κ3) is 3.12. The molecule has 0 aliphatic rings. The number of fused-ring (bicyclic) bond motifs is 1. The number of benzene rings is 1. The molecule has 0 radical (unpaired) electrons. The molecular formula is C16H12N4S. The lowest BCUT2D eigenvalue weighted by molar-refractivity contribution is 1.01. The van der Waals surface area contributed by atoms with Crippen LogP contribution in [0, 0.1) is 12.3 Å². The molecule has 4 nitrogen and oxygen atoms in total. The van der Waals surface area contributed by atoms with Crippen LogP contribution in [0.1, 0.15) is 0 Å². The number of rotatable bonds is 4. The van der Waals surface area contributed by atoms with Crippen LogP contribution in [0.15, 0.2) is 53.9 Å². The molecule has 3 aromatic rings. The number of hydrogen-bond donors (Lipinski definition) is 1. The molecule has 1 N–H and O–H groups in total. The van der Waals surface area contributed by atoms with Crippen LogP contribution in [0.5, 0.6) is 0 Å². The standard InChI is InChI=1S/C16H12N4S/c1-2-10-21-16-19-14-11-17-9-8-13(14)15(20-16)18-12-6-4-3-5-7-12/h1,3-9,11H,10H2,(H,18,19,20). The Morgan fingerprint density at radius 2 is 2.00 bits per heavy atom. The average Bonchev–Trinajstić information content (AvgIpc) is 2.54. The summed E-state index contributed by atoms with van der Waals surface area (Å²) in [6.07, 6.45) is 8.76. The number of nitrogens with one attached hydrogen (secondary N) is 1. The largest absolute Gasteiger partial charge is 0.340 e. The molecule has 3 rings (SSSR count). The van der Waals surface area contributed by atoms with Gasteiger partial charge in [-0.2, -0.15) is 0 Å². The van der Waals surface area contributed by atoms with Crippen LogP contribution >= 0.6 is 11.8 Å². The predicted octanol–water partition coefficient (Wildman–Crippen LogP) is 3.49. The quantitative estimate of drug-likeness (QED) is 0.453. The molecule has 102 valence electrons. The Bertz CT molecular complexity index is 796. The van der Waals surface area contributed by atoms with Crippen LogP contribution in [-0.4, -0.2) is 20.7 Å². The van der Waals surface area contributed by atoms with Crippen molar-refractivity contribution in [3.63, 3.8) is 0 Å². The van der Waals surface area contributed by atoms with Gasteiger partial charge in [0.2, 0.25) is 0 Å². The van der Waals surface area contributed by atoms with Crippen LogP contribution in [0.25, 0.3) is 10.9 Å². The number of aromatic nitrogens is 3. The van der Waals surface area contributed by atoms with Gasteiger partial charge in [-0.1, -0.05) is 35.9 Å². The number of para-hydroxylation sites is 1. The van der Waals surface area contributed by atoms with Crippen molar-refractivity contribution in [2.75, 3.05) is 11.1 Å². The first kappa shape index (κ1) is 13.4. The zero-order valence-corrected chi connectivity index (χ0v) is 12.0. The Morgan fingerprint density at radius 3 is 2.81 bits per heavy atom. The van der Waals surface area contributed by atoms with Gasteiger partial charge in [-0.15, -0.1) is 6.42 Å². The maximum absolute atomic E-state index is 5.30. The highest BCUT2D eigenvalue weighted by Crippen LogP contribution is 2.26. The first-order chi connectivity index (χ1) is 10.4. The van der Waals surface area contributed by atoms with E-state index >= 15 is 0 Å². The van der Waals surface area contributed by atoms with Crippen molar-refractivity contribution >= 4 is 34.2 Å².